The Balaban J connectivity index is 2.09. The maximum atomic E-state index is 12.6. The van der Waals surface area contributed by atoms with Crippen molar-refractivity contribution in [2.45, 2.75) is 12.2 Å². The van der Waals surface area contributed by atoms with Crippen LogP contribution in [0.4, 0.5) is 24.7 Å². The second-order valence-corrected chi connectivity index (χ2v) is 3.94. The summed E-state index contributed by atoms with van der Waals surface area (Å²) >= 11 is 0. The number of hydrogen-bond donors (Lipinski definition) is 2. The first-order valence-corrected chi connectivity index (χ1v) is 5.23. The minimum atomic E-state index is -4.23. The van der Waals surface area contributed by atoms with Gasteiger partial charge >= 0.3 is 6.18 Å². The van der Waals surface area contributed by atoms with E-state index in [4.69, 9.17) is 5.73 Å². The molecule has 1 aromatic heterocycles. The molecule has 0 aliphatic carbocycles. The highest BCUT2D eigenvalue weighted by Gasteiger charge is 2.42. The molecule has 94 valence electrons. The van der Waals surface area contributed by atoms with Crippen molar-refractivity contribution >= 4 is 11.5 Å². The molecule has 4 nitrogen and oxygen atoms in total. The van der Waals surface area contributed by atoms with E-state index in [1.165, 1.54) is 6.20 Å². The molecule has 0 aromatic carbocycles. The van der Waals surface area contributed by atoms with Crippen molar-refractivity contribution in [2.75, 3.05) is 30.3 Å². The molecule has 0 radical (unpaired) electrons. The zero-order valence-corrected chi connectivity index (χ0v) is 9.04. The lowest BCUT2D eigenvalue weighted by Crippen LogP contribution is -2.57. The third-order valence-corrected chi connectivity index (χ3v) is 2.67. The second-order valence-electron chi connectivity index (χ2n) is 3.94. The smallest absolute Gasteiger partial charge is 0.397 e. The van der Waals surface area contributed by atoms with E-state index in [1.807, 2.05) is 0 Å². The van der Waals surface area contributed by atoms with Crippen LogP contribution < -0.4 is 16.0 Å². The molecule has 1 aromatic rings. The molecule has 0 spiro atoms. The van der Waals surface area contributed by atoms with Gasteiger partial charge in [0.1, 0.15) is 11.9 Å². The number of anilines is 2. The van der Waals surface area contributed by atoms with Gasteiger partial charge in [0.15, 0.2) is 0 Å². The van der Waals surface area contributed by atoms with E-state index in [1.54, 1.807) is 17.0 Å². The van der Waals surface area contributed by atoms with Gasteiger partial charge in [0.2, 0.25) is 0 Å². The largest absolute Gasteiger partial charge is 0.405 e. The van der Waals surface area contributed by atoms with Gasteiger partial charge < -0.3 is 16.0 Å². The quantitative estimate of drug-likeness (QED) is 0.776. The molecule has 2 rings (SSSR count). The van der Waals surface area contributed by atoms with Crippen LogP contribution in [0.1, 0.15) is 0 Å². The number of hydrogen-bond acceptors (Lipinski definition) is 4. The lowest BCUT2D eigenvalue weighted by Gasteiger charge is -2.35. The summed E-state index contributed by atoms with van der Waals surface area (Å²) in [7, 11) is 0. The zero-order chi connectivity index (χ0) is 12.5. The third-order valence-electron chi connectivity index (χ3n) is 2.67. The summed E-state index contributed by atoms with van der Waals surface area (Å²) in [4.78, 5) is 5.63. The maximum absolute atomic E-state index is 12.6. The Bertz CT molecular complexity index is 376. The molecule has 1 unspecified atom stereocenters. The SMILES string of the molecule is Nc1ccc(N2CCNC(C(F)(F)F)C2)nc1. The van der Waals surface area contributed by atoms with Gasteiger partial charge in [0.25, 0.3) is 0 Å². The van der Waals surface area contributed by atoms with Gasteiger partial charge in [-0.3, -0.25) is 0 Å². The predicted molar refractivity (Wildman–Crippen MR) is 58.7 cm³/mol. The molecule has 0 bridgehead atoms. The Labute approximate surface area is 96.6 Å². The van der Waals surface area contributed by atoms with Crippen molar-refractivity contribution in [3.05, 3.63) is 18.3 Å². The van der Waals surface area contributed by atoms with Crippen LogP contribution in [0.25, 0.3) is 0 Å². The lowest BCUT2D eigenvalue weighted by molar-refractivity contribution is -0.155. The topological polar surface area (TPSA) is 54.2 Å². The number of nitrogens with one attached hydrogen (secondary N) is 1. The Morgan fingerprint density at radius 1 is 1.41 bits per heavy atom. The van der Waals surface area contributed by atoms with Crippen LogP contribution in [0.5, 0.6) is 0 Å². The number of alkyl halides is 3. The predicted octanol–water partition coefficient (Wildman–Crippen LogP) is 1.00. The molecule has 1 aliphatic heterocycles. The third kappa shape index (κ3) is 2.79. The van der Waals surface area contributed by atoms with E-state index in [0.29, 0.717) is 18.1 Å². The standard InChI is InChI=1S/C10H13F3N4/c11-10(12,13)8-6-17(4-3-15-8)9-2-1-7(14)5-16-9/h1-2,5,8,15H,3-4,6,14H2. The molecule has 1 aliphatic rings. The number of halogens is 3. The van der Waals surface area contributed by atoms with Gasteiger partial charge in [-0.2, -0.15) is 13.2 Å². The Morgan fingerprint density at radius 2 is 2.18 bits per heavy atom. The fraction of sp³-hybridized carbons (Fsp3) is 0.500. The molecule has 0 amide bonds. The molecule has 1 saturated heterocycles. The van der Waals surface area contributed by atoms with Gasteiger partial charge in [0.05, 0.1) is 11.9 Å². The zero-order valence-electron chi connectivity index (χ0n) is 9.04. The number of nitrogens with zero attached hydrogens (tertiary/aromatic N) is 2. The molecule has 1 atom stereocenters. The van der Waals surface area contributed by atoms with Crippen molar-refractivity contribution in [1.82, 2.24) is 10.3 Å². The van der Waals surface area contributed by atoms with Crippen LogP contribution in [-0.2, 0) is 0 Å². The monoisotopic (exact) mass is 246 g/mol. The molecule has 17 heavy (non-hydrogen) atoms. The Kier molecular flexibility index (Phi) is 3.10. The van der Waals surface area contributed by atoms with E-state index in [-0.39, 0.29) is 13.1 Å². The number of aromatic nitrogens is 1. The fourth-order valence-corrected chi connectivity index (χ4v) is 1.76. The van der Waals surface area contributed by atoms with Crippen molar-refractivity contribution < 1.29 is 13.2 Å². The Hall–Kier alpha value is -1.50. The van der Waals surface area contributed by atoms with E-state index in [0.717, 1.165) is 0 Å². The summed E-state index contributed by atoms with van der Waals surface area (Å²) in [6, 6.07) is 1.76. The number of nitrogens with two attached hydrogens (primary N) is 1. The van der Waals surface area contributed by atoms with Gasteiger partial charge in [-0.05, 0) is 12.1 Å². The van der Waals surface area contributed by atoms with Gasteiger partial charge in [-0.25, -0.2) is 4.98 Å². The summed E-state index contributed by atoms with van der Waals surface area (Å²) < 4.78 is 37.7. The highest BCUT2D eigenvalue weighted by Crippen LogP contribution is 2.24. The van der Waals surface area contributed by atoms with Crippen molar-refractivity contribution in [1.29, 1.82) is 0 Å². The molecular formula is C10H13F3N4. The number of pyridine rings is 1. The highest BCUT2D eigenvalue weighted by atomic mass is 19.4. The molecule has 1 fully saturated rings. The minimum absolute atomic E-state index is 0.125. The maximum Gasteiger partial charge on any atom is 0.405 e. The van der Waals surface area contributed by atoms with E-state index in [2.05, 4.69) is 10.3 Å². The fourth-order valence-electron chi connectivity index (χ4n) is 1.76. The van der Waals surface area contributed by atoms with E-state index in [9.17, 15) is 13.2 Å². The molecule has 3 N–H and O–H groups in total. The van der Waals surface area contributed by atoms with Gasteiger partial charge in [-0.15, -0.1) is 0 Å². The van der Waals surface area contributed by atoms with E-state index >= 15 is 0 Å². The van der Waals surface area contributed by atoms with Gasteiger partial charge in [0, 0.05) is 19.6 Å². The summed E-state index contributed by atoms with van der Waals surface area (Å²) in [6.45, 7) is 0.667. The summed E-state index contributed by atoms with van der Waals surface area (Å²) in [5, 5.41) is 2.45. The first-order chi connectivity index (χ1) is 7.97. The first kappa shape index (κ1) is 12.0. The number of rotatable bonds is 1. The second kappa shape index (κ2) is 4.40. The average Bonchev–Trinajstić information content (AvgIpc) is 2.29. The Morgan fingerprint density at radius 3 is 2.76 bits per heavy atom. The highest BCUT2D eigenvalue weighted by molar-refractivity contribution is 5.46. The van der Waals surface area contributed by atoms with Crippen LogP contribution in [0, 0.1) is 0 Å². The summed E-state index contributed by atoms with van der Waals surface area (Å²) in [5.74, 6) is 0.523. The first-order valence-electron chi connectivity index (χ1n) is 5.23. The minimum Gasteiger partial charge on any atom is -0.397 e. The molecular weight excluding hydrogens is 233 g/mol. The molecule has 7 heteroatoms. The normalized spacial score (nSPS) is 21.6. The van der Waals surface area contributed by atoms with Gasteiger partial charge in [-0.1, -0.05) is 0 Å². The lowest BCUT2D eigenvalue weighted by atomic mass is 10.2. The van der Waals surface area contributed by atoms with Crippen LogP contribution in [0.2, 0.25) is 0 Å². The van der Waals surface area contributed by atoms with Crippen LogP contribution in [-0.4, -0.2) is 36.8 Å². The summed E-state index contributed by atoms with van der Waals surface area (Å²) in [5.41, 5.74) is 5.98. The number of nitrogen functional groups attached to an aromatic ring is 1. The molecule has 0 saturated carbocycles. The number of piperazine rings is 1. The van der Waals surface area contributed by atoms with E-state index < -0.39 is 12.2 Å². The van der Waals surface area contributed by atoms with Crippen LogP contribution >= 0.6 is 0 Å². The van der Waals surface area contributed by atoms with Crippen LogP contribution in [0.15, 0.2) is 18.3 Å². The summed E-state index contributed by atoms with van der Waals surface area (Å²) in [6.07, 6.45) is -2.79. The van der Waals surface area contributed by atoms with Crippen LogP contribution in [0.3, 0.4) is 0 Å². The average molecular weight is 246 g/mol. The van der Waals surface area contributed by atoms with Crippen molar-refractivity contribution in [3.63, 3.8) is 0 Å². The van der Waals surface area contributed by atoms with Crippen molar-refractivity contribution in [2.24, 2.45) is 0 Å². The molecule has 2 heterocycles. The van der Waals surface area contributed by atoms with Crippen molar-refractivity contribution in [3.8, 4) is 0 Å².